The Morgan fingerprint density at radius 2 is 1.79 bits per heavy atom. The van der Waals surface area contributed by atoms with Crippen LogP contribution in [0.2, 0.25) is 5.02 Å². The number of carbonyl (C=O) groups excluding carboxylic acids is 1. The molecule has 1 amide bonds. The van der Waals surface area contributed by atoms with E-state index < -0.39 is 5.41 Å². The maximum Gasteiger partial charge on any atom is 0.238 e. The number of carbonyl (C=O) groups is 1. The van der Waals surface area contributed by atoms with Crippen molar-refractivity contribution in [1.82, 2.24) is 15.5 Å². The minimum atomic E-state index is -0.472. The first kappa shape index (κ1) is 17.0. The summed E-state index contributed by atoms with van der Waals surface area (Å²) in [7, 11) is 0. The molecule has 1 atom stereocenters. The smallest absolute Gasteiger partial charge is 0.238 e. The summed E-state index contributed by atoms with van der Waals surface area (Å²) >= 11 is 5.97. The van der Waals surface area contributed by atoms with Gasteiger partial charge < -0.3 is 9.73 Å². The van der Waals surface area contributed by atoms with Crippen LogP contribution in [-0.4, -0.2) is 16.1 Å². The first-order valence-corrected chi connectivity index (χ1v) is 8.70. The number of aromatic nitrogens is 2. The molecule has 1 fully saturated rings. The van der Waals surface area contributed by atoms with Crippen LogP contribution >= 0.6 is 11.6 Å². The first-order chi connectivity index (χ1) is 11.4. The lowest BCUT2D eigenvalue weighted by Crippen LogP contribution is -2.49. The van der Waals surface area contributed by atoms with E-state index in [0.717, 1.165) is 24.8 Å². The molecule has 1 aliphatic rings. The highest BCUT2D eigenvalue weighted by Crippen LogP contribution is 2.44. The summed E-state index contributed by atoms with van der Waals surface area (Å²) in [6.45, 7) is 5.85. The van der Waals surface area contributed by atoms with Gasteiger partial charge in [0.2, 0.25) is 17.7 Å². The third-order valence-electron chi connectivity index (χ3n) is 4.71. The maximum atomic E-state index is 12.9. The standard InChI is InChI=1S/C18H22ClN3O2/c1-11(2)15-21-22-16(24-15)12(3)20-17(23)18(9-4-10-18)13-5-7-14(19)8-6-13/h5-8,11-12H,4,9-10H2,1-3H3,(H,20,23)/t12-/m0/s1. The summed E-state index contributed by atoms with van der Waals surface area (Å²) in [5.74, 6) is 1.20. The van der Waals surface area contributed by atoms with E-state index in [4.69, 9.17) is 16.0 Å². The SMILES string of the molecule is CC(C)c1nnc([C@H](C)NC(=O)C2(c3ccc(Cl)cc3)CCC2)o1. The molecule has 0 unspecified atom stereocenters. The van der Waals surface area contributed by atoms with Crippen molar-refractivity contribution in [2.75, 3.05) is 0 Å². The van der Waals surface area contributed by atoms with E-state index in [1.165, 1.54) is 0 Å². The van der Waals surface area contributed by atoms with E-state index >= 15 is 0 Å². The summed E-state index contributed by atoms with van der Waals surface area (Å²) in [5.41, 5.74) is 0.538. The summed E-state index contributed by atoms with van der Waals surface area (Å²) in [5, 5.41) is 11.8. The third-order valence-corrected chi connectivity index (χ3v) is 4.96. The van der Waals surface area contributed by atoms with Crippen LogP contribution in [0.3, 0.4) is 0 Å². The predicted molar refractivity (Wildman–Crippen MR) is 91.9 cm³/mol. The van der Waals surface area contributed by atoms with Crippen LogP contribution in [0, 0.1) is 0 Å². The molecule has 0 aliphatic heterocycles. The Balaban J connectivity index is 1.75. The normalized spacial score (nSPS) is 17.4. The van der Waals surface area contributed by atoms with Crippen molar-refractivity contribution >= 4 is 17.5 Å². The van der Waals surface area contributed by atoms with E-state index in [9.17, 15) is 4.79 Å². The molecule has 128 valence electrons. The van der Waals surface area contributed by atoms with E-state index in [-0.39, 0.29) is 17.9 Å². The second-order valence-corrected chi connectivity index (χ2v) is 7.21. The van der Waals surface area contributed by atoms with E-state index in [1.807, 2.05) is 45.0 Å². The molecule has 3 rings (SSSR count). The van der Waals surface area contributed by atoms with Crippen LogP contribution in [0.4, 0.5) is 0 Å². The fraction of sp³-hybridized carbons (Fsp3) is 0.500. The van der Waals surface area contributed by atoms with Gasteiger partial charge in [0.15, 0.2) is 0 Å². The molecule has 1 saturated carbocycles. The quantitative estimate of drug-likeness (QED) is 0.882. The van der Waals surface area contributed by atoms with Gasteiger partial charge in [0.05, 0.1) is 5.41 Å². The van der Waals surface area contributed by atoms with Gasteiger partial charge in [0, 0.05) is 10.9 Å². The Hall–Kier alpha value is -1.88. The second kappa shape index (κ2) is 6.55. The molecule has 0 saturated heterocycles. The zero-order chi connectivity index (χ0) is 17.3. The number of nitrogens with one attached hydrogen (secondary N) is 1. The number of nitrogens with zero attached hydrogens (tertiary/aromatic N) is 2. The molecule has 1 N–H and O–H groups in total. The van der Waals surface area contributed by atoms with Gasteiger partial charge in [-0.3, -0.25) is 4.79 Å². The molecule has 5 nitrogen and oxygen atoms in total. The molecule has 1 aliphatic carbocycles. The summed E-state index contributed by atoms with van der Waals surface area (Å²) in [6, 6.07) is 7.23. The Morgan fingerprint density at radius 1 is 1.17 bits per heavy atom. The average molecular weight is 348 g/mol. The zero-order valence-electron chi connectivity index (χ0n) is 14.2. The van der Waals surface area contributed by atoms with Crippen LogP contribution < -0.4 is 5.32 Å². The number of hydrogen-bond donors (Lipinski definition) is 1. The van der Waals surface area contributed by atoms with Gasteiger partial charge in [-0.05, 0) is 37.5 Å². The lowest BCUT2D eigenvalue weighted by atomic mass is 9.63. The molecule has 1 aromatic heterocycles. The number of rotatable bonds is 5. The summed E-state index contributed by atoms with van der Waals surface area (Å²) in [6.07, 6.45) is 2.73. The molecule has 0 spiro atoms. The fourth-order valence-electron chi connectivity index (χ4n) is 3.00. The monoisotopic (exact) mass is 347 g/mol. The van der Waals surface area contributed by atoms with Crippen molar-refractivity contribution in [2.45, 2.75) is 57.4 Å². The average Bonchev–Trinajstić information content (AvgIpc) is 2.98. The molecule has 1 aromatic carbocycles. The van der Waals surface area contributed by atoms with Gasteiger partial charge in [-0.2, -0.15) is 0 Å². The lowest BCUT2D eigenvalue weighted by Gasteiger charge is -2.41. The minimum Gasteiger partial charge on any atom is -0.423 e. The Labute approximate surface area is 146 Å². The van der Waals surface area contributed by atoms with Crippen molar-refractivity contribution in [3.8, 4) is 0 Å². The van der Waals surface area contributed by atoms with Gasteiger partial charge in [-0.25, -0.2) is 0 Å². The predicted octanol–water partition coefficient (Wildman–Crippen LogP) is 4.15. The highest BCUT2D eigenvalue weighted by atomic mass is 35.5. The lowest BCUT2D eigenvalue weighted by molar-refractivity contribution is -0.130. The molecular weight excluding hydrogens is 326 g/mol. The van der Waals surface area contributed by atoms with Gasteiger partial charge in [-0.15, -0.1) is 10.2 Å². The molecule has 24 heavy (non-hydrogen) atoms. The van der Waals surface area contributed by atoms with Crippen LogP contribution in [-0.2, 0) is 10.2 Å². The van der Waals surface area contributed by atoms with E-state index in [1.54, 1.807) is 0 Å². The highest BCUT2D eigenvalue weighted by molar-refractivity contribution is 6.30. The fourth-order valence-corrected chi connectivity index (χ4v) is 3.12. The van der Waals surface area contributed by atoms with Gasteiger partial charge >= 0.3 is 0 Å². The Bertz CT molecular complexity index is 720. The molecule has 0 bridgehead atoms. The van der Waals surface area contributed by atoms with Crippen LogP contribution in [0.15, 0.2) is 28.7 Å². The first-order valence-electron chi connectivity index (χ1n) is 8.33. The van der Waals surface area contributed by atoms with Gasteiger partial charge in [0.1, 0.15) is 6.04 Å². The molecule has 2 aromatic rings. The number of benzene rings is 1. The summed E-state index contributed by atoms with van der Waals surface area (Å²) < 4.78 is 5.64. The van der Waals surface area contributed by atoms with Crippen LogP contribution in [0.25, 0.3) is 0 Å². The number of hydrogen-bond acceptors (Lipinski definition) is 4. The molecule has 6 heteroatoms. The molecule has 0 radical (unpaired) electrons. The Kier molecular flexibility index (Phi) is 4.63. The van der Waals surface area contributed by atoms with Crippen molar-refractivity contribution < 1.29 is 9.21 Å². The second-order valence-electron chi connectivity index (χ2n) is 6.77. The highest BCUT2D eigenvalue weighted by Gasteiger charge is 2.46. The zero-order valence-corrected chi connectivity index (χ0v) is 14.9. The van der Waals surface area contributed by atoms with Crippen LogP contribution in [0.5, 0.6) is 0 Å². The van der Waals surface area contributed by atoms with Gasteiger partial charge in [-0.1, -0.05) is 44.0 Å². The minimum absolute atomic E-state index is 0.00729. The number of halogens is 1. The van der Waals surface area contributed by atoms with Crippen molar-refractivity contribution in [2.24, 2.45) is 0 Å². The van der Waals surface area contributed by atoms with E-state index in [0.29, 0.717) is 16.8 Å². The summed E-state index contributed by atoms with van der Waals surface area (Å²) in [4.78, 5) is 12.9. The molecule has 1 heterocycles. The van der Waals surface area contributed by atoms with E-state index in [2.05, 4.69) is 15.5 Å². The van der Waals surface area contributed by atoms with Crippen molar-refractivity contribution in [3.05, 3.63) is 46.6 Å². The van der Waals surface area contributed by atoms with Crippen LogP contribution in [0.1, 0.15) is 69.3 Å². The third kappa shape index (κ3) is 3.05. The van der Waals surface area contributed by atoms with Crippen molar-refractivity contribution in [1.29, 1.82) is 0 Å². The topological polar surface area (TPSA) is 68.0 Å². The van der Waals surface area contributed by atoms with Crippen molar-refractivity contribution in [3.63, 3.8) is 0 Å². The number of amides is 1. The molecular formula is C18H22ClN3O2. The maximum absolute atomic E-state index is 12.9. The Morgan fingerprint density at radius 3 is 2.29 bits per heavy atom. The van der Waals surface area contributed by atoms with Gasteiger partial charge in [0.25, 0.3) is 0 Å². The largest absolute Gasteiger partial charge is 0.423 e.